The number of nitrogens with two attached hydrogens (primary N) is 1. The van der Waals surface area contributed by atoms with Crippen LogP contribution >= 0.6 is 0 Å². The second kappa shape index (κ2) is 10.8. The summed E-state index contributed by atoms with van der Waals surface area (Å²) in [6, 6.07) is 14.7. The first-order valence-corrected chi connectivity index (χ1v) is 12.4. The van der Waals surface area contributed by atoms with E-state index < -0.39 is 5.91 Å². The molecule has 0 bridgehead atoms. The smallest absolute Gasteiger partial charge is 0.255 e. The van der Waals surface area contributed by atoms with Gasteiger partial charge in [-0.25, -0.2) is 0 Å². The van der Waals surface area contributed by atoms with Crippen LogP contribution in [0.25, 0.3) is 0 Å². The molecule has 0 spiro atoms. The molecule has 3 atom stereocenters. The number of nitrogens with one attached hydrogen (secondary N) is 2. The molecule has 0 aromatic heterocycles. The van der Waals surface area contributed by atoms with Crippen molar-refractivity contribution in [2.24, 2.45) is 21.6 Å². The number of rotatable bonds is 6. The Hall–Kier alpha value is -4.24. The lowest BCUT2D eigenvalue weighted by Gasteiger charge is -2.30. The number of anilines is 2. The third kappa shape index (κ3) is 5.46. The highest BCUT2D eigenvalue weighted by Crippen LogP contribution is 2.28. The second-order valence-corrected chi connectivity index (χ2v) is 9.18. The minimum absolute atomic E-state index is 0.171. The number of benzene rings is 2. The van der Waals surface area contributed by atoms with Crippen LogP contribution in [0.2, 0.25) is 0 Å². The fraction of sp³-hybridized carbons (Fsp3) is 0.286. The number of primary amides is 1. The highest BCUT2D eigenvalue weighted by atomic mass is 16.5. The van der Waals surface area contributed by atoms with Crippen LogP contribution in [0.3, 0.4) is 0 Å². The van der Waals surface area contributed by atoms with E-state index in [0.29, 0.717) is 22.7 Å². The number of hydrogen-bond acceptors (Lipinski definition) is 6. The SMILES string of the molecule is CC(N=C1NC=NC2C(C(N)=O)=CC=CC12)c1cccc(NC(=O)c2ccc(N3CCOCC3)cc2)c1. The van der Waals surface area contributed by atoms with Gasteiger partial charge in [0.1, 0.15) is 5.84 Å². The molecule has 3 aliphatic rings. The quantitative estimate of drug-likeness (QED) is 0.566. The molecule has 1 fully saturated rings. The largest absolute Gasteiger partial charge is 0.378 e. The summed E-state index contributed by atoms with van der Waals surface area (Å²) in [5.74, 6) is -0.130. The average Bonchev–Trinajstić information content (AvgIpc) is 2.93. The highest BCUT2D eigenvalue weighted by molar-refractivity contribution is 6.04. The summed E-state index contributed by atoms with van der Waals surface area (Å²) in [5.41, 5.74) is 9.32. The fourth-order valence-corrected chi connectivity index (χ4v) is 4.73. The summed E-state index contributed by atoms with van der Waals surface area (Å²) in [5, 5.41) is 6.11. The second-order valence-electron chi connectivity index (χ2n) is 9.18. The van der Waals surface area contributed by atoms with E-state index >= 15 is 0 Å². The van der Waals surface area contributed by atoms with Gasteiger partial charge in [-0.2, -0.15) is 0 Å². The number of morpholine rings is 1. The normalized spacial score (nSPS) is 22.6. The number of carbonyl (C=O) groups excluding carboxylic acids is 2. The topological polar surface area (TPSA) is 121 Å². The van der Waals surface area contributed by atoms with Gasteiger partial charge >= 0.3 is 0 Å². The molecule has 9 nitrogen and oxygen atoms in total. The number of aliphatic imine (C=N–C) groups is 2. The number of fused-ring (bicyclic) bond motifs is 1. The molecule has 0 radical (unpaired) electrons. The number of amides is 2. The lowest BCUT2D eigenvalue weighted by molar-refractivity contribution is -0.114. The number of ether oxygens (including phenoxy) is 1. The van der Waals surface area contributed by atoms with E-state index in [-0.39, 0.29) is 23.9 Å². The van der Waals surface area contributed by atoms with E-state index in [9.17, 15) is 9.59 Å². The molecule has 2 aliphatic heterocycles. The van der Waals surface area contributed by atoms with E-state index in [0.717, 1.165) is 37.6 Å². The van der Waals surface area contributed by atoms with E-state index in [4.69, 9.17) is 15.5 Å². The lowest BCUT2D eigenvalue weighted by Crippen LogP contribution is -2.44. The molecule has 9 heteroatoms. The van der Waals surface area contributed by atoms with Gasteiger partial charge in [0.05, 0.1) is 37.6 Å². The van der Waals surface area contributed by atoms with Crippen LogP contribution in [0.4, 0.5) is 11.4 Å². The average molecular weight is 499 g/mol. The first-order chi connectivity index (χ1) is 18.0. The monoisotopic (exact) mass is 498 g/mol. The van der Waals surface area contributed by atoms with Crippen molar-refractivity contribution in [3.05, 3.63) is 83.5 Å². The zero-order valence-electron chi connectivity index (χ0n) is 20.6. The van der Waals surface area contributed by atoms with Crippen molar-refractivity contribution < 1.29 is 14.3 Å². The van der Waals surface area contributed by atoms with Crippen molar-refractivity contribution in [1.29, 1.82) is 0 Å². The fourth-order valence-electron chi connectivity index (χ4n) is 4.73. The molecule has 1 saturated heterocycles. The Morgan fingerprint density at radius 3 is 2.73 bits per heavy atom. The first-order valence-electron chi connectivity index (χ1n) is 12.4. The van der Waals surface area contributed by atoms with Crippen molar-refractivity contribution >= 4 is 35.4 Å². The summed E-state index contributed by atoms with van der Waals surface area (Å²) >= 11 is 0. The Labute approximate surface area is 215 Å². The van der Waals surface area contributed by atoms with E-state index in [1.807, 2.05) is 67.6 Å². The van der Waals surface area contributed by atoms with Gasteiger partial charge in [-0.05, 0) is 48.9 Å². The van der Waals surface area contributed by atoms with Crippen LogP contribution in [0.5, 0.6) is 0 Å². The van der Waals surface area contributed by atoms with Crippen LogP contribution in [0.15, 0.2) is 82.3 Å². The summed E-state index contributed by atoms with van der Waals surface area (Å²) < 4.78 is 5.41. The number of allylic oxidation sites excluding steroid dienone is 2. The Morgan fingerprint density at radius 1 is 1.19 bits per heavy atom. The predicted octanol–water partition coefficient (Wildman–Crippen LogP) is 2.83. The third-order valence-corrected chi connectivity index (χ3v) is 6.77. The molecule has 0 saturated carbocycles. The summed E-state index contributed by atoms with van der Waals surface area (Å²) in [4.78, 5) is 36.2. The molecule has 2 heterocycles. The van der Waals surface area contributed by atoms with Crippen LogP contribution in [0, 0.1) is 5.92 Å². The van der Waals surface area contributed by atoms with Gasteiger partial charge in [-0.15, -0.1) is 0 Å². The number of amidine groups is 1. The van der Waals surface area contributed by atoms with E-state index in [1.54, 1.807) is 12.4 Å². The Morgan fingerprint density at radius 2 is 1.97 bits per heavy atom. The molecule has 3 unspecified atom stereocenters. The van der Waals surface area contributed by atoms with Gasteiger partial charge in [0, 0.05) is 35.6 Å². The van der Waals surface area contributed by atoms with Crippen LogP contribution < -0.4 is 21.3 Å². The molecule has 5 rings (SSSR count). The highest BCUT2D eigenvalue weighted by Gasteiger charge is 2.33. The number of nitrogens with zero attached hydrogens (tertiary/aromatic N) is 3. The van der Waals surface area contributed by atoms with Gasteiger partial charge in [0.25, 0.3) is 5.91 Å². The van der Waals surface area contributed by atoms with Crippen molar-refractivity contribution in [1.82, 2.24) is 5.32 Å². The van der Waals surface area contributed by atoms with Gasteiger partial charge in [-0.3, -0.25) is 19.6 Å². The van der Waals surface area contributed by atoms with E-state index in [2.05, 4.69) is 20.5 Å². The molecule has 2 aromatic carbocycles. The standard InChI is InChI=1S/C28H30N6O3/c1-18(32-27-24-7-3-6-23(26(29)35)25(24)30-17-31-27)20-4-2-5-21(16-20)33-28(36)19-8-10-22(11-9-19)34-12-14-37-15-13-34/h2-11,16-18,24-25H,12-15H2,1H3,(H2,29,35)(H,33,36)(H,30,31,32). The summed E-state index contributed by atoms with van der Waals surface area (Å²) in [7, 11) is 0. The zero-order chi connectivity index (χ0) is 25.8. The maximum Gasteiger partial charge on any atom is 0.255 e. The van der Waals surface area contributed by atoms with Crippen LogP contribution in [-0.4, -0.2) is 56.3 Å². The van der Waals surface area contributed by atoms with Gasteiger partial charge in [0.2, 0.25) is 5.91 Å². The number of hydrogen-bond donors (Lipinski definition) is 3. The van der Waals surface area contributed by atoms with Gasteiger partial charge in [-0.1, -0.05) is 30.4 Å². The molecular formula is C28H30N6O3. The lowest BCUT2D eigenvalue weighted by atomic mass is 9.86. The Kier molecular flexibility index (Phi) is 7.14. The van der Waals surface area contributed by atoms with Crippen molar-refractivity contribution in [2.75, 3.05) is 36.5 Å². The van der Waals surface area contributed by atoms with E-state index in [1.165, 1.54) is 0 Å². The zero-order valence-corrected chi connectivity index (χ0v) is 20.6. The van der Waals surface area contributed by atoms with Crippen molar-refractivity contribution in [3.63, 3.8) is 0 Å². The minimum atomic E-state index is -0.482. The molecule has 190 valence electrons. The molecule has 2 amide bonds. The predicted molar refractivity (Wildman–Crippen MR) is 145 cm³/mol. The molecule has 2 aromatic rings. The van der Waals surface area contributed by atoms with Gasteiger partial charge in [0.15, 0.2) is 0 Å². The first kappa shape index (κ1) is 24.5. The summed E-state index contributed by atoms with van der Waals surface area (Å²) in [6.07, 6.45) is 7.04. The maximum atomic E-state index is 12.9. The summed E-state index contributed by atoms with van der Waals surface area (Å²) in [6.45, 7) is 5.12. The van der Waals surface area contributed by atoms with Crippen molar-refractivity contribution in [3.8, 4) is 0 Å². The van der Waals surface area contributed by atoms with Crippen LogP contribution in [0.1, 0.15) is 28.9 Å². The maximum absolute atomic E-state index is 12.9. The van der Waals surface area contributed by atoms with Crippen molar-refractivity contribution in [2.45, 2.75) is 19.0 Å². The van der Waals surface area contributed by atoms with Gasteiger partial charge < -0.3 is 26.0 Å². The van der Waals surface area contributed by atoms with Crippen LogP contribution in [-0.2, 0) is 9.53 Å². The minimum Gasteiger partial charge on any atom is -0.378 e. The molecule has 4 N–H and O–H groups in total. The number of carbonyl (C=O) groups is 2. The molecular weight excluding hydrogens is 468 g/mol. The molecule has 37 heavy (non-hydrogen) atoms. The third-order valence-electron chi connectivity index (χ3n) is 6.77. The Bertz CT molecular complexity index is 1290. The Balaban J connectivity index is 1.27. The molecule has 1 aliphatic carbocycles.